The van der Waals surface area contributed by atoms with Crippen molar-refractivity contribution in [3.63, 3.8) is 0 Å². The number of hydrazine groups is 1. The molecular weight excluding hydrogens is 592 g/mol. The molecule has 0 aliphatic carbocycles. The first-order chi connectivity index (χ1) is 22.0. The van der Waals surface area contributed by atoms with E-state index in [1.165, 1.54) is 0 Å². The van der Waals surface area contributed by atoms with Crippen LogP contribution in [-0.2, 0) is 30.3 Å². The Bertz CT molecular complexity index is 1370. The van der Waals surface area contributed by atoms with Gasteiger partial charge in [0, 0.05) is 43.1 Å². The monoisotopic (exact) mass is 638 g/mol. The van der Waals surface area contributed by atoms with E-state index >= 15 is 0 Å². The number of carbonyl (C=O) groups excluding carboxylic acids is 2. The van der Waals surface area contributed by atoms with Gasteiger partial charge in [0.2, 0.25) is 5.90 Å². The van der Waals surface area contributed by atoms with Crippen molar-refractivity contribution >= 4 is 17.8 Å². The van der Waals surface area contributed by atoms with Crippen LogP contribution < -0.4 is 15.6 Å². The molecule has 46 heavy (non-hydrogen) atoms. The van der Waals surface area contributed by atoms with Crippen LogP contribution in [0.2, 0.25) is 0 Å². The highest BCUT2D eigenvalue weighted by atomic mass is 16.6. The van der Waals surface area contributed by atoms with Crippen LogP contribution in [0.25, 0.3) is 10.4 Å². The fraction of sp³-hybridized carbons (Fsp3) is 0.545. The zero-order valence-corrected chi connectivity index (χ0v) is 27.3. The molecule has 2 atom stereocenters. The van der Waals surface area contributed by atoms with Crippen molar-refractivity contribution in [3.05, 3.63) is 75.7 Å². The molecule has 3 rings (SSSR count). The Balaban J connectivity index is 2.02. The van der Waals surface area contributed by atoms with E-state index in [1.54, 1.807) is 69.3 Å². The van der Waals surface area contributed by atoms with Crippen LogP contribution in [0.1, 0.15) is 83.1 Å². The number of carbonyl (C=O) groups is 2. The van der Waals surface area contributed by atoms with Gasteiger partial charge in [0.25, 0.3) is 5.91 Å². The van der Waals surface area contributed by atoms with E-state index in [-0.39, 0.29) is 38.0 Å². The number of benzene rings is 2. The summed E-state index contributed by atoms with van der Waals surface area (Å²) in [4.78, 5) is 35.0. The van der Waals surface area contributed by atoms with Gasteiger partial charge in [-0.2, -0.15) is 0 Å². The van der Waals surface area contributed by atoms with Gasteiger partial charge in [-0.05, 0) is 88.4 Å². The summed E-state index contributed by atoms with van der Waals surface area (Å²) >= 11 is 0. The summed E-state index contributed by atoms with van der Waals surface area (Å²) in [5.74, 6) is -0.169. The van der Waals surface area contributed by atoms with E-state index < -0.39 is 29.1 Å². The third-order valence-corrected chi connectivity index (χ3v) is 6.90. The molecule has 1 amide bonds. The molecule has 0 saturated heterocycles. The molecule has 13 heteroatoms. The normalized spacial score (nSPS) is 17.5. The number of rotatable bonds is 18. The van der Waals surface area contributed by atoms with Gasteiger partial charge in [-0.25, -0.2) is 10.4 Å². The molecule has 0 spiro atoms. The fourth-order valence-corrected chi connectivity index (χ4v) is 4.80. The van der Waals surface area contributed by atoms with Crippen LogP contribution in [0, 0.1) is 0 Å². The van der Waals surface area contributed by atoms with Crippen molar-refractivity contribution in [1.82, 2.24) is 10.9 Å². The quantitative estimate of drug-likeness (QED) is 0.0506. The van der Waals surface area contributed by atoms with Gasteiger partial charge in [0.1, 0.15) is 11.4 Å². The number of nitrogens with zero attached hydrogens (tertiary/aromatic N) is 4. The van der Waals surface area contributed by atoms with E-state index in [0.29, 0.717) is 55.0 Å². The minimum absolute atomic E-state index is 0.0271. The average Bonchev–Trinajstić information content (AvgIpc) is 3.41. The first kappa shape index (κ1) is 36.3. The topological polar surface area (TPSA) is 176 Å². The zero-order chi connectivity index (χ0) is 33.6. The molecule has 3 N–H and O–H groups in total. The second-order valence-electron chi connectivity index (χ2n) is 12.1. The van der Waals surface area contributed by atoms with Crippen molar-refractivity contribution < 1.29 is 33.6 Å². The van der Waals surface area contributed by atoms with E-state index in [9.17, 15) is 9.59 Å². The van der Waals surface area contributed by atoms with Crippen molar-refractivity contribution in [1.29, 1.82) is 0 Å². The Morgan fingerprint density at radius 1 is 1.13 bits per heavy atom. The molecule has 1 aliphatic heterocycles. The molecule has 0 saturated carbocycles. The Hall–Kier alpha value is -4.16. The molecule has 13 nitrogen and oxygen atoms in total. The molecule has 250 valence electrons. The number of hydrogen-bond acceptors (Lipinski definition) is 10. The third kappa shape index (κ3) is 10.7. The number of esters is 1. The molecular formula is C33H46N6O7. The first-order valence-corrected chi connectivity index (χ1v) is 15.5. The fourth-order valence-electron chi connectivity index (χ4n) is 4.80. The molecule has 0 aromatic heterocycles. The molecule has 0 radical (unpaired) electrons. The molecule has 0 fully saturated rings. The second kappa shape index (κ2) is 17.5. The summed E-state index contributed by atoms with van der Waals surface area (Å²) in [7, 11) is 0. The van der Waals surface area contributed by atoms with Gasteiger partial charge in [-0.3, -0.25) is 15.0 Å². The van der Waals surface area contributed by atoms with Crippen molar-refractivity contribution in [3.8, 4) is 5.75 Å². The number of aliphatic imine (C=N–C) groups is 1. The Kier molecular flexibility index (Phi) is 13.8. The third-order valence-electron chi connectivity index (χ3n) is 6.90. The van der Waals surface area contributed by atoms with E-state index in [2.05, 4.69) is 20.9 Å². The molecule has 0 unspecified atom stereocenters. The molecule has 2 aromatic rings. The average molecular weight is 639 g/mol. The van der Waals surface area contributed by atoms with Crippen LogP contribution in [0.4, 0.5) is 0 Å². The Morgan fingerprint density at radius 3 is 2.54 bits per heavy atom. The highest BCUT2D eigenvalue weighted by Crippen LogP contribution is 2.44. The van der Waals surface area contributed by atoms with Gasteiger partial charge < -0.3 is 24.1 Å². The van der Waals surface area contributed by atoms with Gasteiger partial charge in [-0.15, -0.1) is 0 Å². The summed E-state index contributed by atoms with van der Waals surface area (Å²) in [6, 6.07) is 14.3. The standard InChI is InChI=1S/C33H46N6O7/c1-23(2)43-20-8-18-35-38-31(42)33(17-16-28(41)46-32(3,4)5)29(27-11-7-6-10-25(27)22-36-39-34)45-30(37-33)24-12-14-26(15-13-24)44-21-9-19-40/h6-7,10-15,23,29,35,40H,8-9,16-22H2,1-5H3,(H,38,42)/t29-,33-/m0/s1. The van der Waals surface area contributed by atoms with E-state index in [0.717, 1.165) is 0 Å². The zero-order valence-electron chi connectivity index (χ0n) is 27.3. The number of amides is 1. The maximum absolute atomic E-state index is 14.2. The number of aliphatic hydroxyl groups excluding tert-OH is 1. The highest BCUT2D eigenvalue weighted by molar-refractivity contribution is 6.01. The SMILES string of the molecule is CC(C)OCCCNNC(=O)[C@@]1(CCC(=O)OC(C)(C)C)N=C(c2ccc(OCCCO)cc2)O[C@H]1c1ccccc1CN=[N+]=[N-]. The minimum atomic E-state index is -1.60. The maximum Gasteiger partial charge on any atom is 0.306 e. The predicted octanol–water partition coefficient (Wildman–Crippen LogP) is 5.07. The molecule has 0 bridgehead atoms. The smallest absolute Gasteiger partial charge is 0.306 e. The first-order valence-electron chi connectivity index (χ1n) is 15.5. The van der Waals surface area contributed by atoms with Crippen molar-refractivity contribution in [2.24, 2.45) is 10.1 Å². The number of ether oxygens (including phenoxy) is 4. The number of hydrogen-bond donors (Lipinski definition) is 3. The lowest BCUT2D eigenvalue weighted by Gasteiger charge is -2.31. The van der Waals surface area contributed by atoms with Gasteiger partial charge in [0.15, 0.2) is 11.6 Å². The lowest BCUT2D eigenvalue weighted by atomic mass is 9.82. The van der Waals surface area contributed by atoms with Crippen LogP contribution in [-0.4, -0.2) is 66.5 Å². The number of aliphatic hydroxyl groups is 1. The van der Waals surface area contributed by atoms with Crippen molar-refractivity contribution in [2.45, 2.75) is 90.2 Å². The summed E-state index contributed by atoms with van der Waals surface area (Å²) in [6.45, 7) is 10.6. The summed E-state index contributed by atoms with van der Waals surface area (Å²) in [6.07, 6.45) is 0.142. The van der Waals surface area contributed by atoms with Gasteiger partial charge in [0.05, 0.1) is 19.3 Å². The van der Waals surface area contributed by atoms with Crippen LogP contribution >= 0.6 is 0 Å². The van der Waals surface area contributed by atoms with E-state index in [1.807, 2.05) is 13.8 Å². The Morgan fingerprint density at radius 2 is 1.87 bits per heavy atom. The van der Waals surface area contributed by atoms with E-state index in [4.69, 9.17) is 34.6 Å². The highest BCUT2D eigenvalue weighted by Gasteiger charge is 2.54. The predicted molar refractivity (Wildman–Crippen MR) is 173 cm³/mol. The van der Waals surface area contributed by atoms with Crippen LogP contribution in [0.3, 0.4) is 0 Å². The number of nitrogens with one attached hydrogen (secondary N) is 2. The molecule has 1 heterocycles. The Labute approximate surface area is 270 Å². The van der Waals surface area contributed by atoms with Crippen LogP contribution in [0.15, 0.2) is 58.6 Å². The largest absolute Gasteiger partial charge is 0.494 e. The maximum atomic E-state index is 14.2. The van der Waals surface area contributed by atoms with Gasteiger partial charge >= 0.3 is 5.97 Å². The van der Waals surface area contributed by atoms with Gasteiger partial charge in [-0.1, -0.05) is 29.4 Å². The lowest BCUT2D eigenvalue weighted by molar-refractivity contribution is -0.155. The number of azide groups is 1. The second-order valence-corrected chi connectivity index (χ2v) is 12.1. The summed E-state index contributed by atoms with van der Waals surface area (Å²) in [5, 5.41) is 12.8. The molecule has 2 aromatic carbocycles. The minimum Gasteiger partial charge on any atom is -0.494 e. The summed E-state index contributed by atoms with van der Waals surface area (Å²) < 4.78 is 23.3. The summed E-state index contributed by atoms with van der Waals surface area (Å²) in [5.41, 5.74) is 14.3. The molecule has 1 aliphatic rings. The van der Waals surface area contributed by atoms with Crippen LogP contribution in [0.5, 0.6) is 5.75 Å². The van der Waals surface area contributed by atoms with Crippen molar-refractivity contribution in [2.75, 3.05) is 26.4 Å². The lowest BCUT2D eigenvalue weighted by Crippen LogP contribution is -2.53.